The van der Waals surface area contributed by atoms with Gasteiger partial charge in [0.1, 0.15) is 11.4 Å². The Morgan fingerprint density at radius 3 is 2.96 bits per heavy atom. The molecule has 0 saturated heterocycles. The van der Waals surface area contributed by atoms with Crippen molar-refractivity contribution in [2.75, 3.05) is 25.2 Å². The number of anilines is 1. The van der Waals surface area contributed by atoms with Gasteiger partial charge in [-0.05, 0) is 12.1 Å². The van der Waals surface area contributed by atoms with Crippen LogP contribution in [0.4, 0.5) is 5.82 Å². The molecule has 10 heteroatoms. The number of pyridine rings is 1. The molecule has 3 heterocycles. The first-order valence-corrected chi connectivity index (χ1v) is 8.71. The largest absolute Gasteiger partial charge is 0.384 e. The van der Waals surface area contributed by atoms with Crippen molar-refractivity contribution in [3.63, 3.8) is 0 Å². The van der Waals surface area contributed by atoms with Crippen molar-refractivity contribution in [1.29, 1.82) is 0 Å². The fourth-order valence-corrected chi connectivity index (χ4v) is 3.33. The minimum Gasteiger partial charge on any atom is -0.384 e. The summed E-state index contributed by atoms with van der Waals surface area (Å²) < 4.78 is 7.87. The van der Waals surface area contributed by atoms with E-state index in [2.05, 4.69) is 9.97 Å². The van der Waals surface area contributed by atoms with E-state index in [1.807, 2.05) is 28.8 Å². The number of nitrogens with zero attached hydrogens (tertiary/aromatic N) is 3. The van der Waals surface area contributed by atoms with Crippen LogP contribution in [-0.2, 0) is 11.3 Å². The van der Waals surface area contributed by atoms with Gasteiger partial charge in [-0.15, -0.1) is 0 Å². The van der Waals surface area contributed by atoms with Crippen LogP contribution in [-0.4, -0.2) is 44.2 Å². The van der Waals surface area contributed by atoms with Crippen LogP contribution in [0.5, 0.6) is 0 Å². The summed E-state index contributed by atoms with van der Waals surface area (Å²) in [5.74, 6) is -0.675. The van der Waals surface area contributed by atoms with Crippen LogP contribution in [0.2, 0.25) is 0 Å². The van der Waals surface area contributed by atoms with Gasteiger partial charge < -0.3 is 10.5 Å². The average molecular weight is 375 g/mol. The lowest BCUT2D eigenvalue weighted by Gasteiger charge is -2.11. The Morgan fingerprint density at radius 2 is 2.19 bits per heavy atom. The standard InChI is InChI=1S/C16H17N5O4S/c1-25-7-6-21-13(17)12(14(23)19-15(21)24)11(22)9-26-16-18-8-10-4-2-3-5-20(10)16/h2-5,8H,6-7,9,17H2,1H3,(H,19,23,24). The van der Waals surface area contributed by atoms with Crippen molar-refractivity contribution >= 4 is 28.9 Å². The molecule has 3 N–H and O–H groups in total. The van der Waals surface area contributed by atoms with Gasteiger partial charge in [0.2, 0.25) is 0 Å². The molecule has 0 saturated carbocycles. The number of nitrogens with two attached hydrogens (primary N) is 1. The third kappa shape index (κ3) is 3.41. The molecule has 0 aliphatic carbocycles. The molecule has 9 nitrogen and oxygen atoms in total. The number of ether oxygens (including phenoxy) is 1. The van der Waals surface area contributed by atoms with Gasteiger partial charge in [-0.3, -0.25) is 23.5 Å². The molecule has 136 valence electrons. The van der Waals surface area contributed by atoms with Gasteiger partial charge in [-0.25, -0.2) is 9.78 Å². The van der Waals surface area contributed by atoms with E-state index in [-0.39, 0.29) is 30.3 Å². The molecule has 0 radical (unpaired) electrons. The second-order valence-corrected chi connectivity index (χ2v) is 6.35. The zero-order valence-corrected chi connectivity index (χ0v) is 14.8. The first kappa shape index (κ1) is 18.0. The van der Waals surface area contributed by atoms with E-state index < -0.39 is 17.0 Å². The quantitative estimate of drug-likeness (QED) is 0.452. The molecule has 3 aromatic heterocycles. The molecular weight excluding hydrogens is 358 g/mol. The Hall–Kier alpha value is -2.85. The van der Waals surface area contributed by atoms with E-state index in [0.717, 1.165) is 10.1 Å². The third-order valence-corrected chi connectivity index (χ3v) is 4.74. The van der Waals surface area contributed by atoms with E-state index in [4.69, 9.17) is 10.5 Å². The predicted molar refractivity (Wildman–Crippen MR) is 97.9 cm³/mol. The van der Waals surface area contributed by atoms with Crippen molar-refractivity contribution in [3.05, 3.63) is 57.0 Å². The first-order chi connectivity index (χ1) is 12.5. The number of nitrogens with one attached hydrogen (secondary N) is 1. The topological polar surface area (TPSA) is 124 Å². The van der Waals surface area contributed by atoms with E-state index in [1.54, 1.807) is 6.20 Å². The fraction of sp³-hybridized carbons (Fsp3) is 0.250. The first-order valence-electron chi connectivity index (χ1n) is 7.72. The Bertz CT molecular complexity index is 1070. The summed E-state index contributed by atoms with van der Waals surface area (Å²) in [6.07, 6.45) is 3.53. The van der Waals surface area contributed by atoms with Gasteiger partial charge >= 0.3 is 5.69 Å². The second-order valence-electron chi connectivity index (χ2n) is 5.41. The number of carbonyl (C=O) groups excluding carboxylic acids is 1. The number of Topliss-reactive ketones (excluding diaryl/α,β-unsaturated/α-hetero) is 1. The van der Waals surface area contributed by atoms with Crippen LogP contribution in [0.1, 0.15) is 10.4 Å². The Labute approximate surface area is 151 Å². The molecule has 0 fully saturated rings. The maximum atomic E-state index is 12.6. The normalized spacial score (nSPS) is 11.1. The third-order valence-electron chi connectivity index (χ3n) is 3.77. The number of rotatable bonds is 7. The summed E-state index contributed by atoms with van der Waals surface area (Å²) in [7, 11) is 1.48. The van der Waals surface area contributed by atoms with Gasteiger partial charge in [-0.1, -0.05) is 17.8 Å². The molecule has 0 unspecified atom stereocenters. The number of carbonyl (C=O) groups is 1. The summed E-state index contributed by atoms with van der Waals surface area (Å²) in [5, 5.41) is 0.622. The summed E-state index contributed by atoms with van der Waals surface area (Å²) in [4.78, 5) is 42.9. The van der Waals surface area contributed by atoms with Crippen molar-refractivity contribution in [2.24, 2.45) is 0 Å². The SMILES string of the molecule is COCCn1c(N)c(C(=O)CSc2ncc3ccccn23)c(=O)[nH]c1=O. The Kier molecular flexibility index (Phi) is 5.24. The summed E-state index contributed by atoms with van der Waals surface area (Å²) in [6.45, 7) is 0.356. The van der Waals surface area contributed by atoms with Gasteiger partial charge in [0.25, 0.3) is 5.56 Å². The molecule has 0 aliphatic rings. The van der Waals surface area contributed by atoms with E-state index in [0.29, 0.717) is 5.16 Å². The zero-order chi connectivity index (χ0) is 18.7. The van der Waals surface area contributed by atoms with Crippen LogP contribution in [0.15, 0.2) is 45.3 Å². The Balaban J connectivity index is 1.85. The van der Waals surface area contributed by atoms with Gasteiger partial charge in [0, 0.05) is 13.3 Å². The second kappa shape index (κ2) is 7.58. The summed E-state index contributed by atoms with van der Waals surface area (Å²) >= 11 is 1.19. The predicted octanol–water partition coefficient (Wildman–Crippen LogP) is 0.388. The number of nitrogen functional groups attached to an aromatic ring is 1. The number of hydrogen-bond donors (Lipinski definition) is 2. The molecule has 26 heavy (non-hydrogen) atoms. The van der Waals surface area contributed by atoms with Gasteiger partial charge in [-0.2, -0.15) is 0 Å². The molecule has 0 atom stereocenters. The molecule has 3 rings (SSSR count). The van der Waals surface area contributed by atoms with Crippen LogP contribution in [0, 0.1) is 0 Å². The Morgan fingerprint density at radius 1 is 1.38 bits per heavy atom. The van der Waals surface area contributed by atoms with Crippen LogP contribution < -0.4 is 17.0 Å². The van der Waals surface area contributed by atoms with E-state index in [9.17, 15) is 14.4 Å². The summed E-state index contributed by atoms with van der Waals surface area (Å²) in [5.41, 5.74) is 5.11. The molecule has 0 amide bonds. The number of fused-ring (bicyclic) bond motifs is 1. The smallest absolute Gasteiger partial charge is 0.330 e. The molecule has 0 bridgehead atoms. The van der Waals surface area contributed by atoms with Gasteiger partial charge in [0.15, 0.2) is 10.9 Å². The molecule has 0 aromatic carbocycles. The number of hydrogen-bond acceptors (Lipinski definition) is 7. The minimum absolute atomic E-state index is 0.0379. The minimum atomic E-state index is -0.792. The highest BCUT2D eigenvalue weighted by Gasteiger charge is 2.20. The number of thioether (sulfide) groups is 1. The zero-order valence-electron chi connectivity index (χ0n) is 14.0. The van der Waals surface area contributed by atoms with Crippen molar-refractivity contribution in [1.82, 2.24) is 18.9 Å². The fourth-order valence-electron chi connectivity index (χ4n) is 2.49. The summed E-state index contributed by atoms with van der Waals surface area (Å²) in [6, 6.07) is 5.64. The maximum Gasteiger partial charge on any atom is 0.330 e. The molecule has 0 aliphatic heterocycles. The number of H-pyrrole nitrogens is 1. The monoisotopic (exact) mass is 375 g/mol. The number of methoxy groups -OCH3 is 1. The number of aromatic amines is 1. The number of ketones is 1. The van der Waals surface area contributed by atoms with E-state index in [1.165, 1.54) is 18.9 Å². The average Bonchev–Trinajstić information content (AvgIpc) is 3.03. The molecule has 0 spiro atoms. The molecular formula is C16H17N5O4S. The lowest BCUT2D eigenvalue weighted by Crippen LogP contribution is -2.37. The highest BCUT2D eigenvalue weighted by atomic mass is 32.2. The number of imidazole rings is 1. The van der Waals surface area contributed by atoms with Crippen molar-refractivity contribution < 1.29 is 9.53 Å². The lowest BCUT2D eigenvalue weighted by molar-refractivity contribution is 0.102. The van der Waals surface area contributed by atoms with Crippen LogP contribution >= 0.6 is 11.8 Å². The number of aromatic nitrogens is 4. The van der Waals surface area contributed by atoms with Crippen molar-refractivity contribution in [2.45, 2.75) is 11.7 Å². The van der Waals surface area contributed by atoms with E-state index >= 15 is 0 Å². The van der Waals surface area contributed by atoms with Crippen molar-refractivity contribution in [3.8, 4) is 0 Å². The van der Waals surface area contributed by atoms with Crippen LogP contribution in [0.3, 0.4) is 0 Å². The lowest BCUT2D eigenvalue weighted by atomic mass is 10.2. The van der Waals surface area contributed by atoms with Crippen LogP contribution in [0.25, 0.3) is 5.52 Å². The highest BCUT2D eigenvalue weighted by Crippen LogP contribution is 2.20. The molecule has 3 aromatic rings. The highest BCUT2D eigenvalue weighted by molar-refractivity contribution is 7.99. The van der Waals surface area contributed by atoms with Gasteiger partial charge in [0.05, 0.1) is 30.6 Å². The maximum absolute atomic E-state index is 12.6.